The molecular weight excluding hydrogens is 445 g/mol. The fourth-order valence-electron chi connectivity index (χ4n) is 4.88. The van der Waals surface area contributed by atoms with Crippen LogP contribution in [0.5, 0.6) is 0 Å². The van der Waals surface area contributed by atoms with Gasteiger partial charge in [0.2, 0.25) is 11.9 Å². The summed E-state index contributed by atoms with van der Waals surface area (Å²) in [6, 6.07) is -0.404. The molecule has 4 rings (SSSR count). The van der Waals surface area contributed by atoms with Crippen molar-refractivity contribution in [1.82, 2.24) is 20.2 Å². The third-order valence-corrected chi connectivity index (χ3v) is 6.47. The van der Waals surface area contributed by atoms with Gasteiger partial charge in [0.1, 0.15) is 12.2 Å². The number of ether oxygens (including phenoxy) is 3. The number of rotatable bonds is 4. The molecule has 0 radical (unpaired) electrons. The van der Waals surface area contributed by atoms with E-state index in [1.807, 2.05) is 25.7 Å². The molecule has 11 heteroatoms. The van der Waals surface area contributed by atoms with Gasteiger partial charge in [-0.2, -0.15) is 0 Å². The summed E-state index contributed by atoms with van der Waals surface area (Å²) in [5.74, 6) is -0.143. The summed E-state index contributed by atoms with van der Waals surface area (Å²) >= 11 is 0. The van der Waals surface area contributed by atoms with Crippen LogP contribution < -0.4 is 10.2 Å². The van der Waals surface area contributed by atoms with E-state index in [2.05, 4.69) is 15.3 Å². The van der Waals surface area contributed by atoms with Crippen molar-refractivity contribution in [3.8, 4) is 0 Å². The van der Waals surface area contributed by atoms with E-state index in [1.165, 1.54) is 12.4 Å². The molecule has 4 heterocycles. The number of piperidine rings is 2. The number of hydrogen-bond acceptors (Lipinski definition) is 8. The van der Waals surface area contributed by atoms with Gasteiger partial charge in [-0.25, -0.2) is 19.2 Å². The van der Waals surface area contributed by atoms with Crippen LogP contribution in [0.4, 0.5) is 15.1 Å². The van der Waals surface area contributed by atoms with Gasteiger partial charge in [0.05, 0.1) is 43.3 Å². The molecule has 0 aromatic carbocycles. The Hall–Kier alpha value is -2.53. The lowest BCUT2D eigenvalue weighted by molar-refractivity contribution is -0.144. The monoisotopic (exact) mass is 479 g/mol. The van der Waals surface area contributed by atoms with Gasteiger partial charge in [0.25, 0.3) is 0 Å². The number of aromatic nitrogens is 2. The molecular formula is C23H34FN5O5. The third kappa shape index (κ3) is 5.75. The number of anilines is 1. The van der Waals surface area contributed by atoms with Crippen molar-refractivity contribution in [2.45, 2.75) is 69.7 Å². The summed E-state index contributed by atoms with van der Waals surface area (Å²) in [7, 11) is 0. The molecule has 3 aliphatic rings. The number of carbonyl (C=O) groups excluding carboxylic acids is 2. The molecule has 34 heavy (non-hydrogen) atoms. The Kier molecular flexibility index (Phi) is 7.22. The van der Waals surface area contributed by atoms with Crippen LogP contribution in [0.15, 0.2) is 12.4 Å². The van der Waals surface area contributed by atoms with Crippen LogP contribution in [0.25, 0.3) is 0 Å². The molecule has 3 saturated heterocycles. The zero-order valence-electron chi connectivity index (χ0n) is 20.1. The van der Waals surface area contributed by atoms with Crippen molar-refractivity contribution in [2.75, 3.05) is 44.4 Å². The van der Waals surface area contributed by atoms with E-state index in [-0.39, 0.29) is 25.2 Å². The average Bonchev–Trinajstić information content (AvgIpc) is 2.78. The zero-order chi connectivity index (χ0) is 24.3. The minimum Gasteiger partial charge on any atom is -0.444 e. The smallest absolute Gasteiger partial charge is 0.410 e. The van der Waals surface area contributed by atoms with Gasteiger partial charge in [-0.3, -0.25) is 4.79 Å². The number of likely N-dealkylation sites (tertiary alicyclic amines) is 1. The maximum Gasteiger partial charge on any atom is 0.410 e. The third-order valence-electron chi connectivity index (χ3n) is 6.47. The van der Waals surface area contributed by atoms with Crippen LogP contribution in [-0.4, -0.2) is 89.6 Å². The lowest BCUT2D eigenvalue weighted by atomic mass is 9.81. The molecule has 0 aliphatic carbocycles. The average molecular weight is 480 g/mol. The van der Waals surface area contributed by atoms with Crippen molar-refractivity contribution in [1.29, 1.82) is 0 Å². The number of morpholine rings is 1. The molecule has 1 aromatic rings. The van der Waals surface area contributed by atoms with Crippen molar-refractivity contribution in [3.05, 3.63) is 18.2 Å². The molecule has 10 nitrogen and oxygen atoms in total. The number of nitrogens with zero attached hydrogens (tertiary/aromatic N) is 4. The Bertz CT molecular complexity index is 867. The number of hydrogen-bond donors (Lipinski definition) is 1. The van der Waals surface area contributed by atoms with E-state index in [0.29, 0.717) is 38.6 Å². The Labute approximate surface area is 199 Å². The lowest BCUT2D eigenvalue weighted by Crippen LogP contribution is -2.72. The SMILES string of the molecule is CC(C)(C)OC(=O)N1CCCC2(COCC(=O)N2)C1COC1CCN(c2ncc(F)cn2)CC1. The second kappa shape index (κ2) is 9.99. The largest absolute Gasteiger partial charge is 0.444 e. The van der Waals surface area contributed by atoms with Gasteiger partial charge < -0.3 is 29.3 Å². The van der Waals surface area contributed by atoms with E-state index >= 15 is 0 Å². The van der Waals surface area contributed by atoms with Crippen LogP contribution in [0, 0.1) is 5.82 Å². The summed E-state index contributed by atoms with van der Waals surface area (Å²) in [6.45, 7) is 8.00. The molecule has 3 aliphatic heterocycles. The van der Waals surface area contributed by atoms with Crippen LogP contribution in [0.1, 0.15) is 46.5 Å². The topological polar surface area (TPSA) is 106 Å². The van der Waals surface area contributed by atoms with Crippen molar-refractivity contribution < 1.29 is 28.2 Å². The highest BCUT2D eigenvalue weighted by Gasteiger charge is 2.50. The summed E-state index contributed by atoms with van der Waals surface area (Å²) in [4.78, 5) is 37.1. The maximum absolute atomic E-state index is 13.1. The van der Waals surface area contributed by atoms with Crippen LogP contribution in [0.3, 0.4) is 0 Å². The van der Waals surface area contributed by atoms with E-state index in [0.717, 1.165) is 19.3 Å². The number of amides is 2. The summed E-state index contributed by atoms with van der Waals surface area (Å²) in [5, 5.41) is 3.10. The number of halogens is 1. The first-order valence-electron chi connectivity index (χ1n) is 11.9. The first-order chi connectivity index (χ1) is 16.2. The molecule has 1 aromatic heterocycles. The van der Waals surface area contributed by atoms with Gasteiger partial charge in [0.15, 0.2) is 5.82 Å². The molecule has 1 N–H and O–H groups in total. The Balaban J connectivity index is 1.42. The highest BCUT2D eigenvalue weighted by atomic mass is 19.1. The van der Waals surface area contributed by atoms with E-state index in [9.17, 15) is 14.0 Å². The fraction of sp³-hybridized carbons (Fsp3) is 0.739. The van der Waals surface area contributed by atoms with E-state index < -0.39 is 29.1 Å². The van der Waals surface area contributed by atoms with Crippen LogP contribution >= 0.6 is 0 Å². The molecule has 0 saturated carbocycles. The van der Waals surface area contributed by atoms with Crippen molar-refractivity contribution >= 4 is 17.9 Å². The minimum atomic E-state index is -0.701. The Morgan fingerprint density at radius 2 is 1.97 bits per heavy atom. The highest BCUT2D eigenvalue weighted by Crippen LogP contribution is 2.32. The predicted molar refractivity (Wildman–Crippen MR) is 121 cm³/mol. The molecule has 2 unspecified atom stereocenters. The van der Waals surface area contributed by atoms with Gasteiger partial charge in [0, 0.05) is 19.6 Å². The molecule has 188 valence electrons. The van der Waals surface area contributed by atoms with Gasteiger partial charge in [-0.15, -0.1) is 0 Å². The Morgan fingerprint density at radius 1 is 1.26 bits per heavy atom. The fourth-order valence-corrected chi connectivity index (χ4v) is 4.88. The summed E-state index contributed by atoms with van der Waals surface area (Å²) < 4.78 is 30.7. The van der Waals surface area contributed by atoms with E-state index in [4.69, 9.17) is 14.2 Å². The number of nitrogens with one attached hydrogen (secondary N) is 1. The molecule has 0 bridgehead atoms. The normalized spacial score (nSPS) is 26.5. The summed E-state index contributed by atoms with van der Waals surface area (Å²) in [6.07, 6.45) is 4.82. The molecule has 1 spiro atoms. The van der Waals surface area contributed by atoms with E-state index in [1.54, 1.807) is 4.90 Å². The summed E-state index contributed by atoms with van der Waals surface area (Å²) in [5.41, 5.74) is -1.33. The van der Waals surface area contributed by atoms with Crippen LogP contribution in [-0.2, 0) is 19.0 Å². The van der Waals surface area contributed by atoms with Gasteiger partial charge in [-0.1, -0.05) is 0 Å². The lowest BCUT2D eigenvalue weighted by Gasteiger charge is -2.51. The Morgan fingerprint density at radius 3 is 2.62 bits per heavy atom. The first-order valence-corrected chi connectivity index (χ1v) is 11.9. The van der Waals surface area contributed by atoms with Crippen LogP contribution in [0.2, 0.25) is 0 Å². The molecule has 2 atom stereocenters. The quantitative estimate of drug-likeness (QED) is 0.698. The van der Waals surface area contributed by atoms with Gasteiger partial charge >= 0.3 is 6.09 Å². The van der Waals surface area contributed by atoms with Crippen molar-refractivity contribution in [2.24, 2.45) is 0 Å². The first kappa shape index (κ1) is 24.6. The maximum atomic E-state index is 13.1. The van der Waals surface area contributed by atoms with Gasteiger partial charge in [-0.05, 0) is 46.5 Å². The number of carbonyl (C=O) groups is 2. The zero-order valence-corrected chi connectivity index (χ0v) is 20.1. The molecule has 3 fully saturated rings. The molecule has 2 amide bonds. The minimum absolute atomic E-state index is 0.0172. The highest BCUT2D eigenvalue weighted by molar-refractivity contribution is 5.79. The standard InChI is InChI=1S/C23H34FN5O5/c1-22(2,3)34-21(31)29-8-4-7-23(15-32-14-19(30)27-23)18(29)13-33-17-5-9-28(10-6-17)20-25-11-16(24)12-26-20/h11-12,17-18H,4-10,13-15H2,1-3H3,(H,27,30). The van der Waals surface area contributed by atoms with Crippen molar-refractivity contribution in [3.63, 3.8) is 0 Å². The predicted octanol–water partition coefficient (Wildman–Crippen LogP) is 1.89. The second-order valence-corrected chi connectivity index (χ2v) is 10.2. The second-order valence-electron chi connectivity index (χ2n) is 10.2.